The van der Waals surface area contributed by atoms with Crippen molar-refractivity contribution < 1.29 is 28.6 Å². The first-order valence-corrected chi connectivity index (χ1v) is 26.4. The predicted octanol–water partition coefficient (Wildman–Crippen LogP) is 17.4. The molecule has 0 unspecified atom stereocenters. The molecule has 1 atom stereocenters. The van der Waals surface area contributed by atoms with Gasteiger partial charge in [-0.1, -0.05) is 203 Å². The second-order valence-electron chi connectivity index (χ2n) is 17.4. The molecule has 0 aliphatic rings. The predicted molar refractivity (Wildman–Crippen MR) is 270 cm³/mol. The van der Waals surface area contributed by atoms with E-state index in [2.05, 4.69) is 93.7 Å². The highest BCUT2D eigenvalue weighted by Gasteiger charge is 2.19. The number of ether oxygens (including phenoxy) is 3. The van der Waals surface area contributed by atoms with Crippen LogP contribution in [0.5, 0.6) is 0 Å². The van der Waals surface area contributed by atoms with Crippen LogP contribution in [0.25, 0.3) is 0 Å². The molecule has 0 amide bonds. The molecule has 0 aromatic heterocycles. The van der Waals surface area contributed by atoms with Gasteiger partial charge in [0.25, 0.3) is 0 Å². The van der Waals surface area contributed by atoms with Crippen molar-refractivity contribution in [3.63, 3.8) is 0 Å². The summed E-state index contributed by atoms with van der Waals surface area (Å²) in [5, 5.41) is 0. The number of esters is 3. The van der Waals surface area contributed by atoms with Crippen LogP contribution in [0.3, 0.4) is 0 Å². The Kier molecular flexibility index (Phi) is 48.9. The van der Waals surface area contributed by atoms with Gasteiger partial charge in [-0.3, -0.25) is 14.4 Å². The Hall–Kier alpha value is -3.15. The van der Waals surface area contributed by atoms with Crippen LogP contribution in [-0.4, -0.2) is 37.2 Å². The molecule has 362 valence electrons. The van der Waals surface area contributed by atoms with Crippen LogP contribution in [-0.2, 0) is 28.6 Å². The van der Waals surface area contributed by atoms with Crippen molar-refractivity contribution in [2.75, 3.05) is 13.2 Å². The summed E-state index contributed by atoms with van der Waals surface area (Å²) >= 11 is 0. The van der Waals surface area contributed by atoms with Crippen LogP contribution in [0, 0.1) is 0 Å². The van der Waals surface area contributed by atoms with E-state index in [1.807, 2.05) is 0 Å². The topological polar surface area (TPSA) is 78.9 Å². The van der Waals surface area contributed by atoms with Crippen molar-refractivity contribution in [1.29, 1.82) is 0 Å². The molecule has 0 N–H and O–H groups in total. The zero-order chi connectivity index (χ0) is 45.8. The minimum atomic E-state index is -0.791. The second kappa shape index (κ2) is 51.5. The zero-order valence-corrected chi connectivity index (χ0v) is 41.3. The van der Waals surface area contributed by atoms with Crippen LogP contribution < -0.4 is 0 Å². The monoisotopic (exact) mass is 879 g/mol. The molecule has 0 aliphatic heterocycles. The van der Waals surface area contributed by atoms with E-state index >= 15 is 0 Å². The van der Waals surface area contributed by atoms with Gasteiger partial charge in [-0.25, -0.2) is 0 Å². The third-order valence-corrected chi connectivity index (χ3v) is 11.2. The average Bonchev–Trinajstić information content (AvgIpc) is 3.28. The van der Waals surface area contributed by atoms with E-state index in [9.17, 15) is 14.4 Å². The van der Waals surface area contributed by atoms with Crippen molar-refractivity contribution in [2.45, 2.75) is 258 Å². The summed E-state index contributed by atoms with van der Waals surface area (Å²) in [5.41, 5.74) is 0. The van der Waals surface area contributed by atoms with Crippen LogP contribution in [0.15, 0.2) is 72.9 Å². The molecule has 0 spiro atoms. The summed E-state index contributed by atoms with van der Waals surface area (Å²) in [6.45, 7) is 6.50. The largest absolute Gasteiger partial charge is 0.462 e. The molecule has 0 aromatic carbocycles. The van der Waals surface area contributed by atoms with E-state index < -0.39 is 6.10 Å². The van der Waals surface area contributed by atoms with Gasteiger partial charge in [0.2, 0.25) is 0 Å². The third-order valence-electron chi connectivity index (χ3n) is 11.2. The number of allylic oxidation sites excluding steroid dienone is 12. The molecular weight excluding hydrogens is 781 g/mol. The second-order valence-corrected chi connectivity index (χ2v) is 17.4. The summed E-state index contributed by atoms with van der Waals surface area (Å²) in [4.78, 5) is 38.0. The summed E-state index contributed by atoms with van der Waals surface area (Å²) in [7, 11) is 0. The fraction of sp³-hybridized carbons (Fsp3) is 0.737. The first-order chi connectivity index (χ1) is 31.0. The van der Waals surface area contributed by atoms with Gasteiger partial charge in [-0.15, -0.1) is 0 Å². The number of hydrogen-bond acceptors (Lipinski definition) is 6. The Labute approximate surface area is 389 Å². The number of carbonyl (C=O) groups is 3. The Balaban J connectivity index is 4.43. The van der Waals surface area contributed by atoms with Gasteiger partial charge in [-0.2, -0.15) is 0 Å². The molecule has 0 bridgehead atoms. The molecule has 0 aliphatic carbocycles. The van der Waals surface area contributed by atoms with E-state index in [4.69, 9.17) is 14.2 Å². The van der Waals surface area contributed by atoms with E-state index in [0.29, 0.717) is 19.3 Å². The van der Waals surface area contributed by atoms with Crippen molar-refractivity contribution in [1.82, 2.24) is 0 Å². The number of rotatable bonds is 47. The molecule has 0 saturated carbocycles. The van der Waals surface area contributed by atoms with Gasteiger partial charge >= 0.3 is 17.9 Å². The first kappa shape index (κ1) is 59.9. The van der Waals surface area contributed by atoms with Crippen molar-refractivity contribution in [3.8, 4) is 0 Å². The van der Waals surface area contributed by atoms with Gasteiger partial charge in [0.05, 0.1) is 0 Å². The molecule has 0 radical (unpaired) electrons. The lowest BCUT2D eigenvalue weighted by atomic mass is 10.1. The molecule has 6 nitrogen and oxygen atoms in total. The Morgan fingerprint density at radius 2 is 0.587 bits per heavy atom. The molecule has 0 fully saturated rings. The van der Waals surface area contributed by atoms with Crippen molar-refractivity contribution in [2.24, 2.45) is 0 Å². The lowest BCUT2D eigenvalue weighted by Gasteiger charge is -2.18. The number of carbonyl (C=O) groups excluding carboxylic acids is 3. The van der Waals surface area contributed by atoms with E-state index in [1.54, 1.807) is 0 Å². The van der Waals surface area contributed by atoms with Gasteiger partial charge < -0.3 is 14.2 Å². The maximum atomic E-state index is 12.8. The minimum Gasteiger partial charge on any atom is -0.462 e. The van der Waals surface area contributed by atoms with Gasteiger partial charge in [-0.05, 0) is 103 Å². The van der Waals surface area contributed by atoms with Crippen LogP contribution in [0.4, 0.5) is 0 Å². The normalized spacial score (nSPS) is 12.6. The van der Waals surface area contributed by atoms with Gasteiger partial charge in [0, 0.05) is 19.3 Å². The lowest BCUT2D eigenvalue weighted by molar-refractivity contribution is -0.167. The highest BCUT2D eigenvalue weighted by molar-refractivity contribution is 5.71. The maximum Gasteiger partial charge on any atom is 0.306 e. The fourth-order valence-electron chi connectivity index (χ4n) is 7.09. The highest BCUT2D eigenvalue weighted by atomic mass is 16.6. The standard InChI is InChI=1S/C57H98O6/c1-4-7-10-13-16-19-22-25-28-29-30-33-35-38-41-44-47-50-56(59)62-53-54(63-57(60)51-48-45-42-39-36-32-27-24-21-18-15-12-9-6-3)52-61-55(58)49-46-43-40-37-34-31-26-23-20-17-14-11-8-5-2/h14-19,23-28,54H,4-13,20-22,29-53H2,1-3H3/b17-14+,18-15+,19-16+,26-23+,27-24+,28-25+/t54-/m1/s1. The summed E-state index contributed by atoms with van der Waals surface area (Å²) in [5.74, 6) is -0.924. The fourth-order valence-corrected chi connectivity index (χ4v) is 7.09. The zero-order valence-electron chi connectivity index (χ0n) is 41.3. The quantitative estimate of drug-likeness (QED) is 0.0262. The third kappa shape index (κ3) is 49.7. The van der Waals surface area contributed by atoms with Gasteiger partial charge in [0.1, 0.15) is 13.2 Å². The molecule has 0 rings (SSSR count). The molecule has 0 saturated heterocycles. The average molecular weight is 879 g/mol. The summed E-state index contributed by atoms with van der Waals surface area (Å²) in [6, 6.07) is 0. The van der Waals surface area contributed by atoms with Crippen LogP contribution in [0.1, 0.15) is 252 Å². The van der Waals surface area contributed by atoms with E-state index in [-0.39, 0.29) is 31.1 Å². The van der Waals surface area contributed by atoms with Crippen molar-refractivity contribution >= 4 is 17.9 Å². The Morgan fingerprint density at radius 3 is 0.921 bits per heavy atom. The SMILES string of the molecule is CCCC/C=C/C/C=C/CCCCCCCC(=O)OC[C@H](COC(=O)CCCCCCCCC/C=C/C/C=C/CCCCC)OC(=O)CCCCCCC/C=C/C/C=C/CCCC. The highest BCUT2D eigenvalue weighted by Crippen LogP contribution is 2.14. The van der Waals surface area contributed by atoms with E-state index in [1.165, 1.54) is 89.9 Å². The number of hydrogen-bond donors (Lipinski definition) is 0. The number of unbranched alkanes of at least 4 members (excludes halogenated alkanes) is 24. The van der Waals surface area contributed by atoms with E-state index in [0.717, 1.165) is 122 Å². The smallest absolute Gasteiger partial charge is 0.306 e. The maximum absolute atomic E-state index is 12.8. The molecule has 63 heavy (non-hydrogen) atoms. The Bertz CT molecular complexity index is 1190. The van der Waals surface area contributed by atoms with Crippen LogP contribution >= 0.6 is 0 Å². The first-order valence-electron chi connectivity index (χ1n) is 26.4. The minimum absolute atomic E-state index is 0.0901. The Morgan fingerprint density at radius 1 is 0.317 bits per heavy atom. The lowest BCUT2D eigenvalue weighted by Crippen LogP contribution is -2.30. The molecule has 6 heteroatoms. The molecule has 0 heterocycles. The van der Waals surface area contributed by atoms with Gasteiger partial charge in [0.15, 0.2) is 6.10 Å². The van der Waals surface area contributed by atoms with Crippen LogP contribution in [0.2, 0.25) is 0 Å². The van der Waals surface area contributed by atoms with Crippen molar-refractivity contribution in [3.05, 3.63) is 72.9 Å². The molecular formula is C57H98O6. The summed E-state index contributed by atoms with van der Waals surface area (Å²) in [6.07, 6.45) is 64.5. The summed E-state index contributed by atoms with van der Waals surface area (Å²) < 4.78 is 16.8. The molecule has 0 aromatic rings.